The van der Waals surface area contributed by atoms with Crippen molar-refractivity contribution in [3.05, 3.63) is 72.9 Å². The Hall–Kier alpha value is -2.59. The molecule has 2 aliphatic heterocycles. The van der Waals surface area contributed by atoms with Gasteiger partial charge in [-0.3, -0.25) is 14.4 Å². The monoisotopic (exact) mass is 592 g/mol. The zero-order valence-electron chi connectivity index (χ0n) is 19.1. The van der Waals surface area contributed by atoms with Crippen LogP contribution in [0.1, 0.15) is 16.8 Å². The molecule has 2 unspecified atom stereocenters. The summed E-state index contributed by atoms with van der Waals surface area (Å²) in [6, 6.07) is 11.1. The number of ether oxygens (including phenoxy) is 1. The molecule has 0 aliphatic carbocycles. The second-order valence-electron chi connectivity index (χ2n) is 8.82. The largest absolute Gasteiger partial charge is 0.376 e. The number of piperazine rings is 1. The Kier molecular flexibility index (Phi) is 7.25. The van der Waals surface area contributed by atoms with Crippen molar-refractivity contribution in [2.75, 3.05) is 37.7 Å². The standard InChI is InChI=1S/C25H23BrCl2N4O4/c26-14-1-4-21-17(9-14)18(11-23(33)30-21)25(35)32-7-6-31(15-2-3-19(27)20(28)10-15)13-22(32)24(34)29-12-16-5-8-36-16/h1-4,9-11,16,22H,5-8,12-13H2,(H,29,34)(H,30,33). The first-order valence-electron chi connectivity index (χ1n) is 11.5. The minimum Gasteiger partial charge on any atom is -0.376 e. The summed E-state index contributed by atoms with van der Waals surface area (Å²) >= 11 is 15.7. The van der Waals surface area contributed by atoms with Crippen LogP contribution in [0.3, 0.4) is 0 Å². The maximum absolute atomic E-state index is 13.8. The molecule has 0 bridgehead atoms. The van der Waals surface area contributed by atoms with Gasteiger partial charge in [-0.05, 0) is 42.8 Å². The Labute approximate surface area is 225 Å². The maximum Gasteiger partial charge on any atom is 0.255 e. The fraction of sp³-hybridized carbons (Fsp3) is 0.320. The summed E-state index contributed by atoms with van der Waals surface area (Å²) in [4.78, 5) is 45.8. The summed E-state index contributed by atoms with van der Waals surface area (Å²) in [7, 11) is 0. The van der Waals surface area contributed by atoms with Gasteiger partial charge in [0.25, 0.3) is 5.91 Å². The van der Waals surface area contributed by atoms with Crippen molar-refractivity contribution in [3.63, 3.8) is 0 Å². The number of carbonyl (C=O) groups excluding carboxylic acids is 2. The smallest absolute Gasteiger partial charge is 0.255 e. The maximum atomic E-state index is 13.8. The molecule has 5 rings (SSSR count). The predicted octanol–water partition coefficient (Wildman–Crippen LogP) is 3.83. The van der Waals surface area contributed by atoms with Gasteiger partial charge in [0.1, 0.15) is 6.04 Å². The number of rotatable bonds is 5. The highest BCUT2D eigenvalue weighted by atomic mass is 79.9. The first kappa shape index (κ1) is 25.1. The number of anilines is 1. The first-order chi connectivity index (χ1) is 17.3. The van der Waals surface area contributed by atoms with Gasteiger partial charge in [-0.25, -0.2) is 0 Å². The number of fused-ring (bicyclic) bond motifs is 1. The molecule has 36 heavy (non-hydrogen) atoms. The third-order valence-electron chi connectivity index (χ3n) is 6.55. The first-order valence-corrected chi connectivity index (χ1v) is 13.1. The van der Waals surface area contributed by atoms with E-state index in [9.17, 15) is 14.4 Å². The lowest BCUT2D eigenvalue weighted by molar-refractivity contribution is -0.127. The molecule has 2 aliphatic rings. The number of aromatic nitrogens is 1. The van der Waals surface area contributed by atoms with Crippen LogP contribution in [-0.4, -0.2) is 66.6 Å². The lowest BCUT2D eigenvalue weighted by atomic mass is 10.0. The number of H-pyrrole nitrogens is 1. The second kappa shape index (κ2) is 10.4. The fourth-order valence-electron chi connectivity index (χ4n) is 4.50. The Morgan fingerprint density at radius 2 is 1.92 bits per heavy atom. The number of halogens is 3. The van der Waals surface area contributed by atoms with Gasteiger partial charge in [-0.2, -0.15) is 0 Å². The van der Waals surface area contributed by atoms with E-state index in [0.717, 1.165) is 16.6 Å². The third kappa shape index (κ3) is 5.11. The van der Waals surface area contributed by atoms with Gasteiger partial charge in [0, 0.05) is 59.9 Å². The molecule has 2 saturated heterocycles. The van der Waals surface area contributed by atoms with Crippen LogP contribution in [0.5, 0.6) is 0 Å². The summed E-state index contributed by atoms with van der Waals surface area (Å²) in [6.45, 7) is 2.07. The van der Waals surface area contributed by atoms with Crippen molar-refractivity contribution in [2.24, 2.45) is 0 Å². The van der Waals surface area contributed by atoms with Crippen LogP contribution in [-0.2, 0) is 9.53 Å². The second-order valence-corrected chi connectivity index (χ2v) is 10.6. The van der Waals surface area contributed by atoms with Gasteiger partial charge in [-0.1, -0.05) is 39.1 Å². The van der Waals surface area contributed by atoms with E-state index < -0.39 is 6.04 Å². The van der Waals surface area contributed by atoms with Crippen molar-refractivity contribution in [2.45, 2.75) is 18.6 Å². The molecular formula is C25H23BrCl2N4O4. The van der Waals surface area contributed by atoms with Crippen molar-refractivity contribution >= 4 is 67.5 Å². The Balaban J connectivity index is 1.47. The fourth-order valence-corrected chi connectivity index (χ4v) is 5.16. The molecule has 188 valence electrons. The van der Waals surface area contributed by atoms with E-state index >= 15 is 0 Å². The van der Waals surface area contributed by atoms with Crippen molar-refractivity contribution in [3.8, 4) is 0 Å². The molecule has 2 aromatic carbocycles. The molecule has 8 nitrogen and oxygen atoms in total. The van der Waals surface area contributed by atoms with E-state index in [-0.39, 0.29) is 42.1 Å². The van der Waals surface area contributed by atoms with Crippen LogP contribution >= 0.6 is 39.1 Å². The van der Waals surface area contributed by atoms with E-state index in [1.807, 2.05) is 11.0 Å². The molecule has 1 aromatic heterocycles. The molecule has 0 spiro atoms. The van der Waals surface area contributed by atoms with Crippen LogP contribution in [0.15, 0.2) is 51.7 Å². The van der Waals surface area contributed by atoms with Crippen molar-refractivity contribution in [1.82, 2.24) is 15.2 Å². The Bertz CT molecular complexity index is 1390. The van der Waals surface area contributed by atoms with Crippen LogP contribution in [0.4, 0.5) is 5.69 Å². The minimum absolute atomic E-state index is 0.0122. The van der Waals surface area contributed by atoms with E-state index in [4.69, 9.17) is 27.9 Å². The van der Waals surface area contributed by atoms with Crippen LogP contribution in [0, 0.1) is 0 Å². The van der Waals surface area contributed by atoms with Gasteiger partial charge in [-0.15, -0.1) is 0 Å². The van der Waals surface area contributed by atoms with E-state index in [0.29, 0.717) is 40.6 Å². The number of amides is 2. The number of carbonyl (C=O) groups is 2. The number of nitrogens with one attached hydrogen (secondary N) is 2. The number of aromatic amines is 1. The Morgan fingerprint density at radius 1 is 1.11 bits per heavy atom. The molecule has 0 saturated carbocycles. The van der Waals surface area contributed by atoms with Crippen molar-refractivity contribution in [1.29, 1.82) is 0 Å². The average Bonchev–Trinajstić information content (AvgIpc) is 2.83. The molecule has 2 fully saturated rings. The molecule has 2 N–H and O–H groups in total. The molecule has 3 heterocycles. The molecule has 11 heteroatoms. The number of hydrogen-bond acceptors (Lipinski definition) is 5. The predicted molar refractivity (Wildman–Crippen MR) is 143 cm³/mol. The zero-order valence-corrected chi connectivity index (χ0v) is 22.2. The average molecular weight is 594 g/mol. The van der Waals surface area contributed by atoms with Gasteiger partial charge >= 0.3 is 0 Å². The van der Waals surface area contributed by atoms with Crippen LogP contribution in [0.25, 0.3) is 10.9 Å². The highest BCUT2D eigenvalue weighted by molar-refractivity contribution is 9.10. The number of nitrogens with zero attached hydrogens (tertiary/aromatic N) is 2. The van der Waals surface area contributed by atoms with Crippen LogP contribution in [0.2, 0.25) is 10.0 Å². The highest BCUT2D eigenvalue weighted by Crippen LogP contribution is 2.29. The lowest BCUT2D eigenvalue weighted by Gasteiger charge is -2.42. The Morgan fingerprint density at radius 3 is 2.64 bits per heavy atom. The van der Waals surface area contributed by atoms with Gasteiger partial charge in [0.15, 0.2) is 0 Å². The minimum atomic E-state index is -0.790. The van der Waals surface area contributed by atoms with E-state index in [1.165, 1.54) is 6.07 Å². The number of benzene rings is 2. The topological polar surface area (TPSA) is 94.7 Å². The zero-order chi connectivity index (χ0) is 25.4. The summed E-state index contributed by atoms with van der Waals surface area (Å²) < 4.78 is 6.20. The number of hydrogen-bond donors (Lipinski definition) is 2. The quantitative estimate of drug-likeness (QED) is 0.469. The normalized spacial score (nSPS) is 19.8. The van der Waals surface area contributed by atoms with Crippen LogP contribution < -0.4 is 15.8 Å². The van der Waals surface area contributed by atoms with Gasteiger partial charge in [0.2, 0.25) is 11.5 Å². The summed E-state index contributed by atoms with van der Waals surface area (Å²) in [5.74, 6) is -0.656. The van der Waals surface area contributed by atoms with Gasteiger partial charge < -0.3 is 24.8 Å². The molecular weight excluding hydrogens is 571 g/mol. The lowest BCUT2D eigenvalue weighted by Crippen LogP contribution is -2.61. The van der Waals surface area contributed by atoms with Crippen molar-refractivity contribution < 1.29 is 14.3 Å². The molecule has 0 radical (unpaired) electrons. The molecule has 3 aromatic rings. The molecule has 2 atom stereocenters. The van der Waals surface area contributed by atoms with Gasteiger partial charge in [0.05, 0.1) is 21.7 Å². The summed E-state index contributed by atoms with van der Waals surface area (Å²) in [5.41, 5.74) is 1.22. The molecule has 2 amide bonds. The third-order valence-corrected chi connectivity index (χ3v) is 7.78. The van der Waals surface area contributed by atoms with E-state index in [1.54, 1.807) is 35.2 Å². The number of pyridine rings is 1. The summed E-state index contributed by atoms with van der Waals surface area (Å²) in [5, 5.41) is 4.39. The highest BCUT2D eigenvalue weighted by Gasteiger charge is 2.37. The van der Waals surface area contributed by atoms with E-state index in [2.05, 4.69) is 26.2 Å². The summed E-state index contributed by atoms with van der Waals surface area (Å²) in [6.07, 6.45) is 0.873. The SMILES string of the molecule is O=C(NCC1CCO1)C1CN(c2ccc(Cl)c(Cl)c2)CCN1C(=O)c1cc(=O)[nH]c2ccc(Br)cc12.